The summed E-state index contributed by atoms with van der Waals surface area (Å²) in [5, 5.41) is 4.13. The van der Waals surface area contributed by atoms with Gasteiger partial charge in [0.25, 0.3) is 11.8 Å². The van der Waals surface area contributed by atoms with E-state index in [0.717, 1.165) is 12.1 Å². The van der Waals surface area contributed by atoms with Crippen LogP contribution < -0.4 is 10.6 Å². The van der Waals surface area contributed by atoms with Crippen molar-refractivity contribution in [3.63, 3.8) is 0 Å². The molecule has 2 atom stereocenters. The van der Waals surface area contributed by atoms with Gasteiger partial charge >= 0.3 is 5.92 Å². The van der Waals surface area contributed by atoms with Gasteiger partial charge in [0.15, 0.2) is 0 Å². The molecule has 36 heavy (non-hydrogen) atoms. The molecule has 2 aliphatic heterocycles. The van der Waals surface area contributed by atoms with Gasteiger partial charge < -0.3 is 10.2 Å². The summed E-state index contributed by atoms with van der Waals surface area (Å²) in [5.74, 6) is -7.32. The smallest absolute Gasteiger partial charge is 0.349 e. The van der Waals surface area contributed by atoms with Crippen LogP contribution in [0.2, 0.25) is 10.2 Å². The van der Waals surface area contributed by atoms with E-state index in [1.807, 2.05) is 0 Å². The second-order valence-corrected chi connectivity index (χ2v) is 10.5. The van der Waals surface area contributed by atoms with Crippen LogP contribution in [-0.2, 0) is 26.9 Å². The lowest BCUT2D eigenvalue weighted by Crippen LogP contribution is -2.70. The van der Waals surface area contributed by atoms with Crippen molar-refractivity contribution in [1.82, 2.24) is 15.5 Å². The van der Waals surface area contributed by atoms with E-state index in [4.69, 9.17) is 11.6 Å². The summed E-state index contributed by atoms with van der Waals surface area (Å²) >= 11 is 5.75. The number of nitrogens with zero attached hydrogens (tertiary/aromatic N) is 1. The second-order valence-electron chi connectivity index (χ2n) is 10.1. The standard InChI is InChI=1S/C22H22B4ClF2N3O4/c23-16(31-18(35)21(28,29)12-2-4-13(27)5-3-12)10-1-6-14-11(7-10)9-32(17(14)34)22(26)19(36)30-15(33)8-20(22,24)25/h1-7,16H,8-9,23-26H2,(H,31,35)(H,30,33,36)/t16?,22-/m0/s1. The molecule has 0 radical (unpaired) electrons. The molecule has 1 fully saturated rings. The number of carbonyl (C=O) groups is 4. The van der Waals surface area contributed by atoms with Crippen molar-refractivity contribution < 1.29 is 28.0 Å². The van der Waals surface area contributed by atoms with Gasteiger partial charge in [-0.05, 0) is 29.3 Å². The third-order valence-electron chi connectivity index (χ3n) is 7.43. The van der Waals surface area contributed by atoms with E-state index in [-0.39, 0.29) is 23.9 Å². The summed E-state index contributed by atoms with van der Waals surface area (Å²) in [7, 11) is 6.74. The molecule has 182 valence electrons. The summed E-state index contributed by atoms with van der Waals surface area (Å²) in [6.07, 6.45) is 0.0749. The lowest BCUT2D eigenvalue weighted by molar-refractivity contribution is -0.147. The molecule has 4 rings (SSSR count). The molecule has 0 saturated carbocycles. The Kier molecular flexibility index (Phi) is 6.35. The number of carbonyl (C=O) groups excluding carboxylic acids is 4. The molecule has 2 aromatic rings. The fourth-order valence-corrected chi connectivity index (χ4v) is 4.92. The molecule has 7 nitrogen and oxygen atoms in total. The Hall–Kier alpha value is -3.07. The molecule has 0 spiro atoms. The lowest BCUT2D eigenvalue weighted by Gasteiger charge is -2.51. The van der Waals surface area contributed by atoms with Crippen molar-refractivity contribution in [1.29, 1.82) is 0 Å². The summed E-state index contributed by atoms with van der Waals surface area (Å²) in [6.45, 7) is 0.102. The zero-order chi connectivity index (χ0) is 26.6. The van der Waals surface area contributed by atoms with Gasteiger partial charge in [-0.3, -0.25) is 24.5 Å². The van der Waals surface area contributed by atoms with E-state index in [9.17, 15) is 28.0 Å². The number of benzene rings is 2. The van der Waals surface area contributed by atoms with E-state index >= 15 is 0 Å². The van der Waals surface area contributed by atoms with E-state index in [2.05, 4.69) is 10.6 Å². The number of imide groups is 1. The zero-order valence-electron chi connectivity index (χ0n) is 20.2. The fourth-order valence-electron chi connectivity index (χ4n) is 4.79. The van der Waals surface area contributed by atoms with Crippen LogP contribution in [0.5, 0.6) is 0 Å². The van der Waals surface area contributed by atoms with Gasteiger partial charge in [-0.25, -0.2) is 0 Å². The average molecular weight is 509 g/mol. The molecule has 0 bridgehead atoms. The largest absolute Gasteiger partial charge is 0.352 e. The van der Waals surface area contributed by atoms with Crippen LogP contribution in [0.15, 0.2) is 42.5 Å². The van der Waals surface area contributed by atoms with Gasteiger partial charge in [0.1, 0.15) is 31.4 Å². The third kappa shape index (κ3) is 4.13. The number of fused-ring (bicyclic) bond motifs is 1. The normalized spacial score (nSPS) is 22.1. The first-order chi connectivity index (χ1) is 16.7. The number of halogens is 3. The minimum atomic E-state index is -3.77. The van der Waals surface area contributed by atoms with Crippen LogP contribution in [0.1, 0.15) is 39.4 Å². The van der Waals surface area contributed by atoms with Gasteiger partial charge in [-0.15, -0.1) is 0 Å². The van der Waals surface area contributed by atoms with Crippen LogP contribution in [0.25, 0.3) is 0 Å². The van der Waals surface area contributed by atoms with Gasteiger partial charge in [-0.2, -0.15) is 8.78 Å². The minimum absolute atomic E-state index is 0.0749. The first kappa shape index (κ1) is 26.0. The van der Waals surface area contributed by atoms with E-state index in [1.54, 1.807) is 49.6 Å². The molecular weight excluding hydrogens is 487 g/mol. The highest BCUT2D eigenvalue weighted by molar-refractivity contribution is 6.52. The van der Waals surface area contributed by atoms with Crippen LogP contribution in [0.3, 0.4) is 0 Å². The first-order valence-corrected chi connectivity index (χ1v) is 11.8. The molecule has 0 aliphatic carbocycles. The predicted octanol–water partition coefficient (Wildman–Crippen LogP) is -1.41. The number of nitrogens with one attached hydrogen (secondary N) is 2. The van der Waals surface area contributed by atoms with Crippen LogP contribution >= 0.6 is 11.6 Å². The van der Waals surface area contributed by atoms with Crippen LogP contribution in [-0.4, -0.2) is 65.4 Å². The maximum absolute atomic E-state index is 14.7. The number of amides is 4. The Morgan fingerprint density at radius 2 is 1.75 bits per heavy atom. The van der Waals surface area contributed by atoms with Gasteiger partial charge in [0.2, 0.25) is 11.8 Å². The van der Waals surface area contributed by atoms with Crippen LogP contribution in [0.4, 0.5) is 8.78 Å². The molecule has 14 heteroatoms. The molecule has 2 aliphatic rings. The highest BCUT2D eigenvalue weighted by Crippen LogP contribution is 2.44. The van der Waals surface area contributed by atoms with Crippen molar-refractivity contribution in [2.75, 3.05) is 0 Å². The molecule has 0 aromatic heterocycles. The number of alkyl halides is 2. The van der Waals surface area contributed by atoms with E-state index in [0.29, 0.717) is 16.7 Å². The highest BCUT2D eigenvalue weighted by Gasteiger charge is 2.57. The Morgan fingerprint density at radius 1 is 1.11 bits per heavy atom. The molecule has 2 aromatic carbocycles. The number of hydrogen-bond donors (Lipinski definition) is 2. The molecule has 1 unspecified atom stereocenters. The van der Waals surface area contributed by atoms with E-state index < -0.39 is 45.8 Å². The summed E-state index contributed by atoms with van der Waals surface area (Å²) < 4.78 is 29.4. The molecular formula is C22H22B4ClF2N3O4. The summed E-state index contributed by atoms with van der Waals surface area (Å²) in [6, 6.07) is 9.59. The van der Waals surface area contributed by atoms with Crippen molar-refractivity contribution in [2.45, 2.75) is 35.5 Å². The molecule has 2 heterocycles. The Bertz CT molecular complexity index is 1290. The van der Waals surface area contributed by atoms with Crippen molar-refractivity contribution in [3.8, 4) is 0 Å². The highest BCUT2D eigenvalue weighted by atomic mass is 35.5. The number of piperidine rings is 1. The summed E-state index contributed by atoms with van der Waals surface area (Å²) in [5.41, 5.74) is -0.254. The van der Waals surface area contributed by atoms with Crippen molar-refractivity contribution in [3.05, 3.63) is 69.7 Å². The van der Waals surface area contributed by atoms with Crippen molar-refractivity contribution in [2.24, 2.45) is 0 Å². The quantitative estimate of drug-likeness (QED) is 0.383. The zero-order valence-corrected chi connectivity index (χ0v) is 21.0. The maximum atomic E-state index is 14.7. The molecule has 4 amide bonds. The van der Waals surface area contributed by atoms with Gasteiger partial charge in [0.05, 0.1) is 5.44 Å². The van der Waals surface area contributed by atoms with E-state index in [1.165, 1.54) is 17.0 Å². The molecule has 1 saturated heterocycles. The number of rotatable bonds is 5. The topological polar surface area (TPSA) is 95.6 Å². The second kappa shape index (κ2) is 8.80. The van der Waals surface area contributed by atoms with Crippen LogP contribution in [0, 0.1) is 0 Å². The molecule has 2 N–H and O–H groups in total. The first-order valence-electron chi connectivity index (χ1n) is 11.4. The minimum Gasteiger partial charge on any atom is -0.352 e. The van der Waals surface area contributed by atoms with Gasteiger partial charge in [0, 0.05) is 35.1 Å². The third-order valence-corrected chi connectivity index (χ3v) is 7.68. The Morgan fingerprint density at radius 3 is 2.36 bits per heavy atom. The Labute approximate surface area is 215 Å². The van der Waals surface area contributed by atoms with Gasteiger partial charge in [-0.1, -0.05) is 41.1 Å². The fraction of sp³-hybridized carbons (Fsp3) is 0.273. The predicted molar refractivity (Wildman–Crippen MR) is 140 cm³/mol. The lowest BCUT2D eigenvalue weighted by atomic mass is 9.36. The maximum Gasteiger partial charge on any atom is 0.349 e. The summed E-state index contributed by atoms with van der Waals surface area (Å²) in [4.78, 5) is 52.0. The average Bonchev–Trinajstić information content (AvgIpc) is 3.13. The Balaban J connectivity index is 1.55. The monoisotopic (exact) mass is 509 g/mol. The number of hydrogen-bond acceptors (Lipinski definition) is 4. The SMILES string of the molecule is BC(NC(=O)C(F)(F)c1ccc(Cl)cc1)c1ccc2c(c1)CN([C@@]1(B)C(=O)NC(=O)CC1(B)B)C2=O. The van der Waals surface area contributed by atoms with Crippen molar-refractivity contribution >= 4 is 66.6 Å².